The van der Waals surface area contributed by atoms with Gasteiger partial charge < -0.3 is 31.1 Å². The number of hydrogen-bond acceptors (Lipinski definition) is 10. The van der Waals surface area contributed by atoms with Gasteiger partial charge in [-0.05, 0) is 130 Å². The lowest BCUT2D eigenvalue weighted by molar-refractivity contribution is 0.0694. The van der Waals surface area contributed by atoms with E-state index in [0.29, 0.717) is 54.7 Å². The maximum atomic E-state index is 13.3. The first-order valence-electron chi connectivity index (χ1n) is 17.7. The van der Waals surface area contributed by atoms with E-state index in [4.69, 9.17) is 0 Å². The third-order valence-corrected chi connectivity index (χ3v) is 10.3. The number of carbonyl (C=O) groups is 2. The molecule has 1 saturated heterocycles. The van der Waals surface area contributed by atoms with Crippen molar-refractivity contribution in [2.24, 2.45) is 5.92 Å². The second-order valence-electron chi connectivity index (χ2n) is 15.8. The first kappa shape index (κ1) is 36.2. The van der Waals surface area contributed by atoms with Crippen molar-refractivity contribution in [3.05, 3.63) is 87.9 Å². The van der Waals surface area contributed by atoms with Gasteiger partial charge in [0.05, 0.1) is 22.7 Å². The predicted octanol–water partition coefficient (Wildman–Crippen LogP) is 2.50. The molecule has 13 nitrogen and oxygen atoms in total. The molecule has 51 heavy (non-hydrogen) atoms. The van der Waals surface area contributed by atoms with Gasteiger partial charge in [-0.1, -0.05) is 18.7 Å². The molecule has 2 aromatic carbocycles. The zero-order valence-electron chi connectivity index (χ0n) is 30.1. The van der Waals surface area contributed by atoms with Gasteiger partial charge in [0.1, 0.15) is 6.04 Å². The number of piperidine rings is 1. The van der Waals surface area contributed by atoms with E-state index in [0.717, 1.165) is 40.8 Å². The highest BCUT2D eigenvalue weighted by Gasteiger charge is 2.52. The Morgan fingerprint density at radius 1 is 1.02 bits per heavy atom. The monoisotopic (exact) mass is 695 g/mol. The number of fused-ring (bicyclic) bond motifs is 3. The zero-order valence-corrected chi connectivity index (χ0v) is 30.1. The van der Waals surface area contributed by atoms with Crippen LogP contribution in [0.4, 0.5) is 0 Å². The van der Waals surface area contributed by atoms with Gasteiger partial charge in [-0.15, -0.1) is 5.10 Å². The Morgan fingerprint density at radius 2 is 1.59 bits per heavy atom. The molecule has 4 atom stereocenters. The van der Waals surface area contributed by atoms with Gasteiger partial charge in [-0.25, -0.2) is 5.10 Å². The number of aryl methyl sites for hydroxylation is 2. The highest BCUT2D eigenvalue weighted by molar-refractivity contribution is 5.95. The summed E-state index contributed by atoms with van der Waals surface area (Å²) in [4.78, 5) is 28.7. The van der Waals surface area contributed by atoms with Crippen LogP contribution in [0.15, 0.2) is 48.7 Å². The minimum Gasteiger partial charge on any atom is -0.389 e. The van der Waals surface area contributed by atoms with E-state index in [9.17, 15) is 25.1 Å². The summed E-state index contributed by atoms with van der Waals surface area (Å²) < 4.78 is 0. The smallest absolute Gasteiger partial charge is 0.251 e. The largest absolute Gasteiger partial charge is 0.389 e. The molecule has 6 rings (SSSR count). The third kappa shape index (κ3) is 7.68. The average Bonchev–Trinajstić information content (AvgIpc) is 3.46. The minimum absolute atomic E-state index is 0.1000. The van der Waals surface area contributed by atoms with E-state index in [2.05, 4.69) is 61.0 Å². The summed E-state index contributed by atoms with van der Waals surface area (Å²) >= 11 is 0. The Balaban J connectivity index is 1.38. The van der Waals surface area contributed by atoms with Crippen molar-refractivity contribution in [2.75, 3.05) is 19.6 Å². The maximum absolute atomic E-state index is 13.3. The minimum atomic E-state index is -1.06. The van der Waals surface area contributed by atoms with Crippen LogP contribution >= 0.6 is 0 Å². The van der Waals surface area contributed by atoms with E-state index in [1.807, 2.05) is 24.3 Å². The number of likely N-dealkylation sites (tertiary alicyclic amines) is 1. The van der Waals surface area contributed by atoms with Crippen LogP contribution in [0.2, 0.25) is 0 Å². The van der Waals surface area contributed by atoms with Crippen molar-refractivity contribution < 1.29 is 19.8 Å². The first-order chi connectivity index (χ1) is 24.1. The van der Waals surface area contributed by atoms with Crippen molar-refractivity contribution >= 4 is 11.8 Å². The molecule has 3 aromatic rings. The van der Waals surface area contributed by atoms with Crippen molar-refractivity contribution in [3.63, 3.8) is 0 Å². The number of nitriles is 1. The number of benzene rings is 2. The summed E-state index contributed by atoms with van der Waals surface area (Å²) in [6.45, 7) is 13.7. The number of carbonyl (C=O) groups excluding carboxylic acids is 2. The molecule has 1 saturated carbocycles. The lowest BCUT2D eigenvalue weighted by atomic mass is 9.67. The van der Waals surface area contributed by atoms with Crippen LogP contribution in [0.5, 0.6) is 0 Å². The van der Waals surface area contributed by atoms with Gasteiger partial charge in [0.15, 0.2) is 5.82 Å². The number of aliphatic hydroxyl groups is 2. The van der Waals surface area contributed by atoms with Crippen molar-refractivity contribution in [1.29, 1.82) is 5.26 Å². The summed E-state index contributed by atoms with van der Waals surface area (Å²) in [5, 5.41) is 55.1. The Morgan fingerprint density at radius 3 is 2.08 bits per heavy atom. The number of rotatable bonds is 13. The standard InChI is InChI=1S/C38H49N9O4/c1-22(40-19-23(2)47-29(18-39)15-28-16-32(28)47)17-38(35-43-45-46-44-35)30-11-9-26(33(48)41-20-36(3,4)50)13-24(30)7-8-25-14-27(10-12-31(25)38)34(49)42-21-37(5,6)51/h9-14,22,28-29,32,40,50-51H,2,7-8,15-17,19-21H2,1,3-6H3,(H,41,48)(H,42,49)(H,43,44,45,46)/t22-,28+,29?,32-/m0/s1. The fraction of sp³-hybridized carbons (Fsp3) is 0.526. The van der Waals surface area contributed by atoms with Crippen molar-refractivity contribution in [2.45, 2.75) is 101 Å². The number of amides is 2. The van der Waals surface area contributed by atoms with E-state index in [-0.39, 0.29) is 37.0 Å². The summed E-state index contributed by atoms with van der Waals surface area (Å²) in [7, 11) is 0. The third-order valence-electron chi connectivity index (χ3n) is 10.3. The maximum Gasteiger partial charge on any atom is 0.251 e. The van der Waals surface area contributed by atoms with Crippen LogP contribution in [0.1, 0.15) is 103 Å². The lowest BCUT2D eigenvalue weighted by Crippen LogP contribution is -2.42. The summed E-state index contributed by atoms with van der Waals surface area (Å²) in [5.74, 6) is 0.531. The number of nitrogens with zero attached hydrogens (tertiary/aromatic N) is 5. The number of tetrazole rings is 1. The average molecular weight is 696 g/mol. The van der Waals surface area contributed by atoms with Gasteiger partial charge in [0.2, 0.25) is 0 Å². The van der Waals surface area contributed by atoms with Crippen LogP contribution in [-0.2, 0) is 18.3 Å². The van der Waals surface area contributed by atoms with Crippen LogP contribution < -0.4 is 16.0 Å². The molecule has 0 spiro atoms. The Hall–Kier alpha value is -4.64. The van der Waals surface area contributed by atoms with Crippen LogP contribution in [0.3, 0.4) is 0 Å². The topological polar surface area (TPSA) is 192 Å². The fourth-order valence-corrected chi connectivity index (χ4v) is 7.78. The van der Waals surface area contributed by atoms with Crippen LogP contribution in [0, 0.1) is 17.2 Å². The SMILES string of the molecule is C=C(CN[C@@H](C)CC1(c2nnn[nH]2)c2ccc(C(=O)NCC(C)(C)O)cc2CCc2cc(C(=O)NCC(C)(C)O)ccc21)N1C(C#N)C[C@@H]2C[C@@H]21. The lowest BCUT2D eigenvalue weighted by Gasteiger charge is -2.37. The predicted molar refractivity (Wildman–Crippen MR) is 191 cm³/mol. The molecule has 13 heteroatoms. The molecule has 3 aliphatic rings. The Kier molecular flexibility index (Phi) is 9.80. The summed E-state index contributed by atoms with van der Waals surface area (Å²) in [5.41, 5.74) is 2.57. The second-order valence-corrected chi connectivity index (χ2v) is 15.8. The molecule has 1 aromatic heterocycles. The number of hydrogen-bond donors (Lipinski definition) is 6. The van der Waals surface area contributed by atoms with E-state index >= 15 is 0 Å². The molecule has 2 heterocycles. The molecule has 1 unspecified atom stereocenters. The van der Waals surface area contributed by atoms with E-state index in [1.165, 1.54) is 0 Å². The highest BCUT2D eigenvalue weighted by atomic mass is 16.3. The second kappa shape index (κ2) is 13.8. The number of aromatic amines is 1. The number of nitrogens with one attached hydrogen (secondary N) is 4. The summed E-state index contributed by atoms with van der Waals surface area (Å²) in [6, 6.07) is 13.9. The van der Waals surface area contributed by atoms with Crippen LogP contribution in [0.25, 0.3) is 0 Å². The van der Waals surface area contributed by atoms with E-state index < -0.39 is 16.6 Å². The Labute approximate surface area is 298 Å². The molecular formula is C38H49N9O4. The van der Waals surface area contributed by atoms with Crippen molar-refractivity contribution in [3.8, 4) is 6.07 Å². The van der Waals surface area contributed by atoms with Crippen LogP contribution in [-0.4, -0.2) is 96.5 Å². The Bertz CT molecular complexity index is 1760. The van der Waals surface area contributed by atoms with Gasteiger partial charge in [-0.3, -0.25) is 9.59 Å². The number of H-pyrrole nitrogens is 1. The zero-order chi connectivity index (χ0) is 36.7. The van der Waals surface area contributed by atoms with Gasteiger partial charge in [-0.2, -0.15) is 5.26 Å². The molecule has 0 radical (unpaired) electrons. The summed E-state index contributed by atoms with van der Waals surface area (Å²) in [6.07, 6.45) is 3.68. The molecular weight excluding hydrogens is 646 g/mol. The fourth-order valence-electron chi connectivity index (χ4n) is 7.78. The molecule has 0 bridgehead atoms. The first-order valence-corrected chi connectivity index (χ1v) is 17.7. The quantitative estimate of drug-likeness (QED) is 0.155. The molecule has 2 amide bonds. The van der Waals surface area contributed by atoms with Gasteiger partial charge >= 0.3 is 0 Å². The molecule has 2 fully saturated rings. The molecule has 270 valence electrons. The van der Waals surface area contributed by atoms with Gasteiger partial charge in [0.25, 0.3) is 11.8 Å². The van der Waals surface area contributed by atoms with E-state index in [1.54, 1.807) is 39.8 Å². The van der Waals surface area contributed by atoms with Gasteiger partial charge in [0, 0.05) is 48.5 Å². The molecule has 1 aliphatic heterocycles. The molecule has 6 N–H and O–H groups in total. The molecule has 2 aliphatic carbocycles. The highest BCUT2D eigenvalue weighted by Crippen LogP contribution is 2.49. The normalized spacial score (nSPS) is 21.0. The van der Waals surface area contributed by atoms with Crippen molar-refractivity contribution in [1.82, 2.24) is 41.5 Å². The number of aromatic nitrogens is 4.